The molecule has 0 aliphatic carbocycles. The van der Waals surface area contributed by atoms with Gasteiger partial charge >= 0.3 is 0 Å². The van der Waals surface area contributed by atoms with Gasteiger partial charge in [-0.2, -0.15) is 4.98 Å². The van der Waals surface area contributed by atoms with E-state index in [1.807, 2.05) is 0 Å². The number of nitrogens with zero attached hydrogens (tertiary/aromatic N) is 5. The molecule has 25 heavy (non-hydrogen) atoms. The van der Waals surface area contributed by atoms with Crippen molar-refractivity contribution < 1.29 is 9.53 Å². The number of carbonyl (C=O) groups is 1. The molecule has 0 atom stereocenters. The van der Waals surface area contributed by atoms with Gasteiger partial charge in [0.2, 0.25) is 5.91 Å². The fourth-order valence-corrected chi connectivity index (χ4v) is 4.00. The Kier molecular flexibility index (Phi) is 4.42. The number of fused-ring (bicyclic) bond motifs is 1. The van der Waals surface area contributed by atoms with Crippen molar-refractivity contribution in [3.05, 3.63) is 28.3 Å². The molecule has 0 bridgehead atoms. The molecule has 0 radical (unpaired) electrons. The molecule has 4 heterocycles. The van der Waals surface area contributed by atoms with E-state index in [0.717, 1.165) is 18.2 Å². The van der Waals surface area contributed by atoms with Crippen molar-refractivity contribution in [2.24, 2.45) is 0 Å². The van der Waals surface area contributed by atoms with Crippen LogP contribution in [0.3, 0.4) is 0 Å². The fraction of sp³-hybridized carbons (Fsp3) is 0.357. The summed E-state index contributed by atoms with van der Waals surface area (Å²) in [6, 6.07) is 0. The molecular weight excluding hydrogens is 364 g/mol. The van der Waals surface area contributed by atoms with Crippen molar-refractivity contribution in [1.82, 2.24) is 19.5 Å². The van der Waals surface area contributed by atoms with Gasteiger partial charge in [0, 0.05) is 24.7 Å². The van der Waals surface area contributed by atoms with E-state index < -0.39 is 0 Å². The minimum absolute atomic E-state index is 0.119. The number of thiazole rings is 2. The van der Waals surface area contributed by atoms with Gasteiger partial charge in [-0.3, -0.25) is 14.2 Å². The molecular formula is C14H14N6O3S2. The summed E-state index contributed by atoms with van der Waals surface area (Å²) < 4.78 is 7.06. The molecule has 1 aliphatic heterocycles. The maximum atomic E-state index is 12.6. The van der Waals surface area contributed by atoms with Gasteiger partial charge < -0.3 is 15.0 Å². The number of rotatable bonds is 4. The predicted molar refractivity (Wildman–Crippen MR) is 95.5 cm³/mol. The molecule has 1 amide bonds. The van der Waals surface area contributed by atoms with Crippen LogP contribution < -0.4 is 15.8 Å². The van der Waals surface area contributed by atoms with Gasteiger partial charge in [0.15, 0.2) is 15.9 Å². The SMILES string of the molecule is O=C(Cn1cnc2nc(N3CCOCC3)sc2c1=O)Nc1nccs1. The Morgan fingerprint density at radius 2 is 2.16 bits per heavy atom. The van der Waals surface area contributed by atoms with E-state index in [4.69, 9.17) is 4.74 Å². The van der Waals surface area contributed by atoms with Crippen LogP contribution in [0.4, 0.5) is 10.3 Å². The topological polar surface area (TPSA) is 102 Å². The highest BCUT2D eigenvalue weighted by Gasteiger charge is 2.18. The first kappa shape index (κ1) is 16.1. The van der Waals surface area contributed by atoms with Crippen molar-refractivity contribution in [3.8, 4) is 0 Å². The summed E-state index contributed by atoms with van der Waals surface area (Å²) in [7, 11) is 0. The summed E-state index contributed by atoms with van der Waals surface area (Å²) in [4.78, 5) is 39.4. The maximum absolute atomic E-state index is 12.6. The van der Waals surface area contributed by atoms with Crippen molar-refractivity contribution in [1.29, 1.82) is 0 Å². The van der Waals surface area contributed by atoms with Crippen LogP contribution in [0, 0.1) is 0 Å². The Hall–Kier alpha value is -2.37. The van der Waals surface area contributed by atoms with E-state index in [9.17, 15) is 9.59 Å². The second-order valence-electron chi connectivity index (χ2n) is 5.31. The van der Waals surface area contributed by atoms with E-state index in [2.05, 4.69) is 25.2 Å². The molecule has 1 fully saturated rings. The lowest BCUT2D eigenvalue weighted by Crippen LogP contribution is -2.36. The summed E-state index contributed by atoms with van der Waals surface area (Å²) in [6.07, 6.45) is 2.96. The van der Waals surface area contributed by atoms with E-state index in [1.54, 1.807) is 11.6 Å². The zero-order valence-electron chi connectivity index (χ0n) is 13.0. The molecule has 1 N–H and O–H groups in total. The van der Waals surface area contributed by atoms with Crippen LogP contribution in [-0.2, 0) is 16.1 Å². The normalized spacial score (nSPS) is 14.8. The van der Waals surface area contributed by atoms with E-state index in [-0.39, 0.29) is 18.0 Å². The number of amides is 1. The Morgan fingerprint density at radius 1 is 1.32 bits per heavy atom. The zero-order chi connectivity index (χ0) is 17.2. The highest BCUT2D eigenvalue weighted by Crippen LogP contribution is 2.25. The summed E-state index contributed by atoms with van der Waals surface area (Å²) in [6.45, 7) is 2.65. The largest absolute Gasteiger partial charge is 0.378 e. The van der Waals surface area contributed by atoms with Gasteiger partial charge in [-0.15, -0.1) is 11.3 Å². The van der Waals surface area contributed by atoms with Crippen LogP contribution in [-0.4, -0.2) is 51.7 Å². The van der Waals surface area contributed by atoms with Gasteiger partial charge in [-0.1, -0.05) is 11.3 Å². The Balaban J connectivity index is 1.57. The third-order valence-electron chi connectivity index (χ3n) is 3.65. The van der Waals surface area contributed by atoms with Gasteiger partial charge in [-0.05, 0) is 0 Å². The summed E-state index contributed by atoms with van der Waals surface area (Å²) in [5, 5.41) is 5.67. The van der Waals surface area contributed by atoms with Crippen molar-refractivity contribution in [2.75, 3.05) is 36.5 Å². The number of morpholine rings is 1. The zero-order valence-corrected chi connectivity index (χ0v) is 14.7. The van der Waals surface area contributed by atoms with Crippen molar-refractivity contribution >= 4 is 49.2 Å². The quantitative estimate of drug-likeness (QED) is 0.716. The molecule has 3 aromatic heterocycles. The molecule has 0 saturated carbocycles. The van der Waals surface area contributed by atoms with Gasteiger partial charge in [-0.25, -0.2) is 9.97 Å². The lowest BCUT2D eigenvalue weighted by molar-refractivity contribution is -0.116. The third kappa shape index (κ3) is 3.38. The number of hydrogen-bond donors (Lipinski definition) is 1. The van der Waals surface area contributed by atoms with Crippen LogP contribution >= 0.6 is 22.7 Å². The minimum atomic E-state index is -0.323. The molecule has 3 aromatic rings. The maximum Gasteiger partial charge on any atom is 0.273 e. The molecule has 1 aliphatic rings. The fourth-order valence-electron chi connectivity index (χ4n) is 2.44. The van der Waals surface area contributed by atoms with Crippen LogP contribution in [0.25, 0.3) is 10.3 Å². The van der Waals surface area contributed by atoms with Crippen molar-refractivity contribution in [2.45, 2.75) is 6.54 Å². The molecule has 1 saturated heterocycles. The standard InChI is InChI=1S/C14H14N6O3S2/c21-9(17-13-15-1-6-24-13)7-20-8-16-11-10(12(20)22)25-14(18-11)19-2-4-23-5-3-19/h1,6,8H,2-5,7H2,(H,15,17,21). The molecule has 9 nitrogen and oxygen atoms in total. The van der Waals surface area contributed by atoms with Gasteiger partial charge in [0.05, 0.1) is 13.2 Å². The number of nitrogens with one attached hydrogen (secondary N) is 1. The summed E-state index contributed by atoms with van der Waals surface area (Å²) >= 11 is 2.62. The smallest absolute Gasteiger partial charge is 0.273 e. The molecule has 11 heteroatoms. The first-order valence-corrected chi connectivity index (χ1v) is 9.28. The predicted octanol–water partition coefficient (Wildman–Crippen LogP) is 0.785. The summed E-state index contributed by atoms with van der Waals surface area (Å²) in [5.41, 5.74) is 0.143. The number of hydrogen-bond acceptors (Lipinski definition) is 9. The average Bonchev–Trinajstić information content (AvgIpc) is 3.28. The highest BCUT2D eigenvalue weighted by molar-refractivity contribution is 7.22. The van der Waals surface area contributed by atoms with E-state index in [1.165, 1.54) is 33.6 Å². The molecule has 0 aromatic carbocycles. The molecule has 0 unspecified atom stereocenters. The Morgan fingerprint density at radius 3 is 2.92 bits per heavy atom. The van der Waals surface area contributed by atoms with Crippen LogP contribution in [0.5, 0.6) is 0 Å². The Bertz CT molecular complexity index is 945. The van der Waals surface area contributed by atoms with E-state index >= 15 is 0 Å². The average molecular weight is 378 g/mol. The second-order valence-corrected chi connectivity index (χ2v) is 7.18. The lowest BCUT2D eigenvalue weighted by Gasteiger charge is -2.25. The summed E-state index contributed by atoms with van der Waals surface area (Å²) in [5.74, 6) is -0.323. The lowest BCUT2D eigenvalue weighted by atomic mass is 10.5. The number of ether oxygens (including phenoxy) is 1. The van der Waals surface area contributed by atoms with Gasteiger partial charge in [0.25, 0.3) is 5.56 Å². The van der Waals surface area contributed by atoms with E-state index in [0.29, 0.717) is 28.7 Å². The second kappa shape index (κ2) is 6.86. The number of aromatic nitrogens is 4. The monoisotopic (exact) mass is 378 g/mol. The number of anilines is 2. The molecule has 0 spiro atoms. The van der Waals surface area contributed by atoms with Crippen LogP contribution in [0.2, 0.25) is 0 Å². The first-order valence-electron chi connectivity index (χ1n) is 7.59. The highest BCUT2D eigenvalue weighted by atomic mass is 32.1. The van der Waals surface area contributed by atoms with Crippen LogP contribution in [0.1, 0.15) is 0 Å². The minimum Gasteiger partial charge on any atom is -0.378 e. The molecule has 4 rings (SSSR count). The molecule has 130 valence electrons. The van der Waals surface area contributed by atoms with Crippen molar-refractivity contribution in [3.63, 3.8) is 0 Å². The third-order valence-corrected chi connectivity index (χ3v) is 5.43. The first-order chi connectivity index (χ1) is 12.2. The Labute approximate surface area is 149 Å². The van der Waals surface area contributed by atoms with Crippen LogP contribution in [0.15, 0.2) is 22.7 Å². The number of carbonyl (C=O) groups excluding carboxylic acids is 1. The van der Waals surface area contributed by atoms with Gasteiger partial charge in [0.1, 0.15) is 17.6 Å².